The van der Waals surface area contributed by atoms with Crippen molar-refractivity contribution in [2.75, 3.05) is 19.4 Å². The minimum Gasteiger partial charge on any atom is -0.378 e. The Kier molecular flexibility index (Phi) is 5.66. The molecule has 0 aromatic heterocycles. The maximum atomic E-state index is 5.96. The van der Waals surface area contributed by atoms with Crippen molar-refractivity contribution in [3.63, 3.8) is 0 Å². The number of nitrogens with one attached hydrogen (secondary N) is 1. The Morgan fingerprint density at radius 3 is 2.43 bits per heavy atom. The molecule has 0 amide bonds. The second kappa shape index (κ2) is 7.48. The van der Waals surface area contributed by atoms with Gasteiger partial charge in [0.25, 0.3) is 0 Å². The third kappa shape index (κ3) is 4.76. The van der Waals surface area contributed by atoms with Gasteiger partial charge in [-0.15, -0.1) is 0 Å². The zero-order chi connectivity index (χ0) is 15.2. The summed E-state index contributed by atoms with van der Waals surface area (Å²) in [5.74, 6) is 0. The van der Waals surface area contributed by atoms with E-state index in [2.05, 4.69) is 67.6 Å². The van der Waals surface area contributed by atoms with Crippen molar-refractivity contribution < 1.29 is 0 Å². The predicted molar refractivity (Wildman–Crippen MR) is 91.9 cm³/mol. The summed E-state index contributed by atoms with van der Waals surface area (Å²) in [5.41, 5.74) is 3.74. The van der Waals surface area contributed by atoms with Gasteiger partial charge in [0.1, 0.15) is 0 Å². The molecule has 0 heterocycles. The first-order chi connectivity index (χ1) is 10.1. The molecule has 0 radical (unpaired) electrons. The average molecular weight is 303 g/mol. The standard InChI is InChI=1S/C18H23ClN2/c1-4-18(15-8-10-16(19)11-9-15)20-17-7-5-6-14(12-17)13-21(2)3/h5-12,18,20H,4,13H2,1-3H3. The summed E-state index contributed by atoms with van der Waals surface area (Å²) in [6.45, 7) is 3.14. The number of benzene rings is 2. The molecular formula is C18H23ClN2. The molecule has 0 saturated heterocycles. The SMILES string of the molecule is CCC(Nc1cccc(CN(C)C)c1)c1ccc(Cl)cc1. The highest BCUT2D eigenvalue weighted by atomic mass is 35.5. The van der Waals surface area contributed by atoms with E-state index in [1.54, 1.807) is 0 Å². The fourth-order valence-corrected chi connectivity index (χ4v) is 2.57. The minimum absolute atomic E-state index is 0.303. The van der Waals surface area contributed by atoms with Gasteiger partial charge in [0, 0.05) is 17.3 Å². The normalized spacial score (nSPS) is 12.4. The predicted octanol–water partition coefficient (Wildman–Crippen LogP) is 4.96. The molecule has 112 valence electrons. The third-order valence-corrected chi connectivity index (χ3v) is 3.70. The van der Waals surface area contributed by atoms with Crippen LogP contribution in [0.1, 0.15) is 30.5 Å². The fourth-order valence-electron chi connectivity index (χ4n) is 2.44. The first-order valence-electron chi connectivity index (χ1n) is 7.34. The minimum atomic E-state index is 0.303. The fraction of sp³-hybridized carbons (Fsp3) is 0.333. The van der Waals surface area contributed by atoms with Crippen molar-refractivity contribution in [3.8, 4) is 0 Å². The largest absolute Gasteiger partial charge is 0.378 e. The van der Waals surface area contributed by atoms with Gasteiger partial charge in [-0.3, -0.25) is 0 Å². The molecule has 0 spiro atoms. The van der Waals surface area contributed by atoms with Crippen molar-refractivity contribution in [1.82, 2.24) is 4.90 Å². The van der Waals surface area contributed by atoms with Crippen molar-refractivity contribution in [3.05, 3.63) is 64.7 Å². The van der Waals surface area contributed by atoms with E-state index in [0.717, 1.165) is 23.7 Å². The Balaban J connectivity index is 2.13. The summed E-state index contributed by atoms with van der Waals surface area (Å²) in [7, 11) is 4.17. The van der Waals surface area contributed by atoms with Gasteiger partial charge in [0.05, 0.1) is 6.04 Å². The monoisotopic (exact) mass is 302 g/mol. The van der Waals surface area contributed by atoms with Gasteiger partial charge in [-0.2, -0.15) is 0 Å². The first kappa shape index (κ1) is 15.9. The highest BCUT2D eigenvalue weighted by Crippen LogP contribution is 2.24. The number of anilines is 1. The Hall–Kier alpha value is -1.51. The lowest BCUT2D eigenvalue weighted by atomic mass is 10.0. The smallest absolute Gasteiger partial charge is 0.0511 e. The molecule has 0 saturated carbocycles. The molecule has 0 fully saturated rings. The molecule has 2 aromatic rings. The van der Waals surface area contributed by atoms with E-state index in [1.165, 1.54) is 11.1 Å². The molecule has 0 bridgehead atoms. The van der Waals surface area contributed by atoms with Gasteiger partial charge in [-0.25, -0.2) is 0 Å². The summed E-state index contributed by atoms with van der Waals surface area (Å²) in [4.78, 5) is 2.18. The lowest BCUT2D eigenvalue weighted by Crippen LogP contribution is -2.12. The lowest BCUT2D eigenvalue weighted by molar-refractivity contribution is 0.402. The van der Waals surface area contributed by atoms with Crippen LogP contribution >= 0.6 is 11.6 Å². The second-order valence-corrected chi connectivity index (χ2v) is 6.03. The van der Waals surface area contributed by atoms with Crippen molar-refractivity contribution >= 4 is 17.3 Å². The summed E-state index contributed by atoms with van der Waals surface area (Å²) in [5, 5.41) is 4.40. The van der Waals surface area contributed by atoms with Crippen molar-refractivity contribution in [2.24, 2.45) is 0 Å². The number of hydrogen-bond acceptors (Lipinski definition) is 2. The van der Waals surface area contributed by atoms with Crippen LogP contribution in [-0.2, 0) is 6.54 Å². The van der Waals surface area contributed by atoms with Crippen LogP contribution in [0, 0.1) is 0 Å². The van der Waals surface area contributed by atoms with Gasteiger partial charge < -0.3 is 10.2 Å². The molecule has 2 rings (SSSR count). The van der Waals surface area contributed by atoms with Gasteiger partial charge in [-0.1, -0.05) is 42.8 Å². The topological polar surface area (TPSA) is 15.3 Å². The molecule has 21 heavy (non-hydrogen) atoms. The molecule has 0 aliphatic heterocycles. The molecule has 2 aromatic carbocycles. The zero-order valence-electron chi connectivity index (χ0n) is 12.9. The maximum Gasteiger partial charge on any atom is 0.0511 e. The van der Waals surface area contributed by atoms with Crippen LogP contribution in [0.15, 0.2) is 48.5 Å². The molecule has 1 atom stereocenters. The van der Waals surface area contributed by atoms with Crippen LogP contribution in [0.2, 0.25) is 5.02 Å². The van der Waals surface area contributed by atoms with Gasteiger partial charge in [-0.05, 0) is 55.9 Å². The molecule has 1 unspecified atom stereocenters. The van der Waals surface area contributed by atoms with Crippen LogP contribution in [0.4, 0.5) is 5.69 Å². The third-order valence-electron chi connectivity index (χ3n) is 3.45. The van der Waals surface area contributed by atoms with Crippen LogP contribution in [-0.4, -0.2) is 19.0 Å². The summed E-state index contributed by atoms with van der Waals surface area (Å²) < 4.78 is 0. The number of halogens is 1. The number of hydrogen-bond donors (Lipinski definition) is 1. The van der Waals surface area contributed by atoms with Gasteiger partial charge in [0.15, 0.2) is 0 Å². The van der Waals surface area contributed by atoms with E-state index < -0.39 is 0 Å². The lowest BCUT2D eigenvalue weighted by Gasteiger charge is -2.20. The Morgan fingerprint density at radius 1 is 1.10 bits per heavy atom. The summed E-state index contributed by atoms with van der Waals surface area (Å²) in [6.07, 6.45) is 1.03. The Labute approximate surface area is 132 Å². The molecule has 2 nitrogen and oxygen atoms in total. The average Bonchev–Trinajstić information content (AvgIpc) is 2.45. The molecule has 0 aliphatic rings. The Morgan fingerprint density at radius 2 is 1.81 bits per heavy atom. The summed E-state index contributed by atoms with van der Waals surface area (Å²) >= 11 is 5.96. The highest BCUT2D eigenvalue weighted by Gasteiger charge is 2.09. The highest BCUT2D eigenvalue weighted by molar-refractivity contribution is 6.30. The molecule has 0 aliphatic carbocycles. The summed E-state index contributed by atoms with van der Waals surface area (Å²) in [6, 6.07) is 17.0. The van der Waals surface area contributed by atoms with E-state index in [0.29, 0.717) is 6.04 Å². The Bertz CT molecular complexity index is 564. The van der Waals surface area contributed by atoms with Crippen molar-refractivity contribution in [2.45, 2.75) is 25.9 Å². The molecule has 1 N–H and O–H groups in total. The quantitative estimate of drug-likeness (QED) is 0.811. The second-order valence-electron chi connectivity index (χ2n) is 5.59. The van der Waals surface area contributed by atoms with E-state index >= 15 is 0 Å². The van der Waals surface area contributed by atoms with E-state index in [9.17, 15) is 0 Å². The van der Waals surface area contributed by atoms with Crippen LogP contribution in [0.5, 0.6) is 0 Å². The van der Waals surface area contributed by atoms with Crippen LogP contribution < -0.4 is 5.32 Å². The van der Waals surface area contributed by atoms with E-state index in [4.69, 9.17) is 11.6 Å². The molecule has 3 heteroatoms. The molecular weight excluding hydrogens is 280 g/mol. The zero-order valence-corrected chi connectivity index (χ0v) is 13.7. The first-order valence-corrected chi connectivity index (χ1v) is 7.72. The van der Waals surface area contributed by atoms with Gasteiger partial charge in [0.2, 0.25) is 0 Å². The number of nitrogens with zero attached hydrogens (tertiary/aromatic N) is 1. The van der Waals surface area contributed by atoms with Crippen LogP contribution in [0.3, 0.4) is 0 Å². The van der Waals surface area contributed by atoms with E-state index in [1.807, 2.05) is 12.1 Å². The van der Waals surface area contributed by atoms with E-state index in [-0.39, 0.29) is 0 Å². The van der Waals surface area contributed by atoms with Crippen molar-refractivity contribution in [1.29, 1.82) is 0 Å². The van der Waals surface area contributed by atoms with Crippen LogP contribution in [0.25, 0.3) is 0 Å². The number of rotatable bonds is 6. The van der Waals surface area contributed by atoms with Gasteiger partial charge >= 0.3 is 0 Å². The maximum absolute atomic E-state index is 5.96.